The summed E-state index contributed by atoms with van der Waals surface area (Å²) >= 11 is 0. The Bertz CT molecular complexity index is 2910. The van der Waals surface area contributed by atoms with Crippen LogP contribution in [0.1, 0.15) is 0 Å². The molecule has 0 radical (unpaired) electrons. The average Bonchev–Trinajstić information content (AvgIpc) is 3.24. The number of hydrogen-bond donors (Lipinski definition) is 0. The first-order chi connectivity index (χ1) is 26.3. The van der Waals surface area contributed by atoms with Gasteiger partial charge >= 0.3 is 0 Å². The third kappa shape index (κ3) is 4.57. The lowest BCUT2D eigenvalue weighted by Crippen LogP contribution is -2.56. The minimum Gasteiger partial charge on any atom is -0.0664 e. The first-order valence-corrected chi connectivity index (χ1v) is 18.6. The summed E-state index contributed by atoms with van der Waals surface area (Å²) in [4.78, 5) is 0. The van der Waals surface area contributed by atoms with Gasteiger partial charge in [-0.15, -0.1) is 0 Å². The smallest absolute Gasteiger partial charge is 0.0664 e. The van der Waals surface area contributed by atoms with Gasteiger partial charge in [0.1, 0.15) is 0 Å². The molecule has 1 aliphatic rings. The van der Waals surface area contributed by atoms with Crippen LogP contribution in [-0.2, 0) is 0 Å². The monoisotopic (exact) mass is 668 g/mol. The van der Waals surface area contributed by atoms with Crippen LogP contribution in [-0.4, -0.2) is 6.71 Å². The van der Waals surface area contributed by atoms with Crippen LogP contribution in [0.5, 0.6) is 0 Å². The van der Waals surface area contributed by atoms with Crippen molar-refractivity contribution in [3.05, 3.63) is 200 Å². The second kappa shape index (κ2) is 11.9. The maximum Gasteiger partial charge on any atom is 0.244 e. The number of rotatable bonds is 5. The molecule has 244 valence electrons. The van der Waals surface area contributed by atoms with Gasteiger partial charge in [0.2, 0.25) is 6.71 Å². The maximum absolute atomic E-state index is 2.56. The van der Waals surface area contributed by atoms with E-state index in [1.54, 1.807) is 0 Å². The summed E-state index contributed by atoms with van der Waals surface area (Å²) in [6.45, 7) is -0.0108. The quantitative estimate of drug-likeness (QED) is 0.126. The van der Waals surface area contributed by atoms with Crippen molar-refractivity contribution in [2.24, 2.45) is 0 Å². The fourth-order valence-electron chi connectivity index (χ4n) is 9.29. The van der Waals surface area contributed by atoms with E-state index in [0.717, 1.165) is 0 Å². The van der Waals surface area contributed by atoms with E-state index in [0.29, 0.717) is 0 Å². The molecular weight excluding hydrogens is 635 g/mol. The number of benzene rings is 10. The lowest BCUT2D eigenvalue weighted by molar-refractivity contribution is 1.60. The molecule has 53 heavy (non-hydrogen) atoms. The van der Waals surface area contributed by atoms with E-state index in [1.165, 1.54) is 104 Å². The van der Waals surface area contributed by atoms with E-state index < -0.39 is 0 Å². The second-order valence-corrected chi connectivity index (χ2v) is 14.3. The molecule has 0 atom stereocenters. The molecule has 10 aromatic carbocycles. The fraction of sp³-hybridized carbons (Fsp3) is 0. The molecule has 1 heterocycles. The molecule has 0 spiro atoms. The Morgan fingerprint density at radius 2 is 0.774 bits per heavy atom. The van der Waals surface area contributed by atoms with Gasteiger partial charge in [0, 0.05) is 0 Å². The van der Waals surface area contributed by atoms with Crippen molar-refractivity contribution in [3.8, 4) is 55.6 Å². The van der Waals surface area contributed by atoms with E-state index in [9.17, 15) is 0 Å². The van der Waals surface area contributed by atoms with E-state index in [2.05, 4.69) is 200 Å². The van der Waals surface area contributed by atoms with Crippen LogP contribution < -0.4 is 16.4 Å². The van der Waals surface area contributed by atoms with Crippen LogP contribution in [0.3, 0.4) is 0 Å². The summed E-state index contributed by atoms with van der Waals surface area (Å²) in [5.41, 5.74) is 16.7. The van der Waals surface area contributed by atoms with Crippen molar-refractivity contribution >= 4 is 55.4 Å². The first-order valence-electron chi connectivity index (χ1n) is 18.6. The topological polar surface area (TPSA) is 0 Å². The summed E-state index contributed by atoms with van der Waals surface area (Å²) in [6, 6.07) is 74.3. The standard InChI is InChI=1S/C52H33B/c1-5-16-34(17-6-1)39-30-28-38-29-31-43-44(37-22-11-4-12-23-37)32-45-42-24-13-14-27-47(42)53(48-33-46(39)49(38)51(43)50(45)48)52-40(35-18-7-2-8-19-35)25-15-26-41(52)36-20-9-3-10-21-36/h1-33H. The molecule has 0 nitrogen and oxygen atoms in total. The molecule has 1 heteroatoms. The van der Waals surface area contributed by atoms with E-state index in [4.69, 9.17) is 0 Å². The van der Waals surface area contributed by atoms with Crippen LogP contribution in [0.4, 0.5) is 0 Å². The third-order valence-electron chi connectivity index (χ3n) is 11.5. The Balaban J connectivity index is 1.36. The zero-order chi connectivity index (χ0) is 34.9. The van der Waals surface area contributed by atoms with Crippen molar-refractivity contribution in [1.29, 1.82) is 0 Å². The Morgan fingerprint density at radius 3 is 1.40 bits per heavy atom. The Labute approximate surface area is 310 Å². The van der Waals surface area contributed by atoms with Crippen molar-refractivity contribution in [3.63, 3.8) is 0 Å². The third-order valence-corrected chi connectivity index (χ3v) is 11.5. The molecule has 0 unspecified atom stereocenters. The maximum atomic E-state index is 2.56. The van der Waals surface area contributed by atoms with E-state index >= 15 is 0 Å². The molecule has 0 amide bonds. The predicted molar refractivity (Wildman–Crippen MR) is 228 cm³/mol. The first kappa shape index (κ1) is 30.0. The summed E-state index contributed by atoms with van der Waals surface area (Å²) in [7, 11) is 0. The summed E-state index contributed by atoms with van der Waals surface area (Å²) in [5.74, 6) is 0. The predicted octanol–water partition coefficient (Wildman–Crippen LogP) is 11.7. The fourth-order valence-corrected chi connectivity index (χ4v) is 9.29. The SMILES string of the molecule is c1ccc(-c2cccc(-c3ccccc3)c2B2c3ccccc3-c3cc(-c4ccccc4)c4ccc5ccc(-c6ccccc6)c6cc2c3c4c56)cc1. The average molecular weight is 669 g/mol. The zero-order valence-corrected chi connectivity index (χ0v) is 29.1. The van der Waals surface area contributed by atoms with Crippen molar-refractivity contribution in [1.82, 2.24) is 0 Å². The highest BCUT2D eigenvalue weighted by molar-refractivity contribution is 7.00. The molecule has 0 saturated heterocycles. The van der Waals surface area contributed by atoms with Gasteiger partial charge in [-0.1, -0.05) is 211 Å². The number of hydrogen-bond acceptors (Lipinski definition) is 0. The molecule has 0 bridgehead atoms. The van der Waals surface area contributed by atoms with Crippen LogP contribution in [0.15, 0.2) is 200 Å². The van der Waals surface area contributed by atoms with Gasteiger partial charge in [-0.25, -0.2) is 0 Å². The molecule has 0 saturated carbocycles. The largest absolute Gasteiger partial charge is 0.244 e. The lowest BCUT2D eigenvalue weighted by atomic mass is 9.32. The van der Waals surface area contributed by atoms with Crippen LogP contribution in [0, 0.1) is 0 Å². The summed E-state index contributed by atoms with van der Waals surface area (Å²) < 4.78 is 0. The minimum atomic E-state index is -0.0108. The van der Waals surface area contributed by atoms with E-state index in [-0.39, 0.29) is 6.71 Å². The minimum absolute atomic E-state index is 0.0108. The highest BCUT2D eigenvalue weighted by atomic mass is 14.3. The number of fused-ring (bicyclic) bond motifs is 2. The van der Waals surface area contributed by atoms with Gasteiger partial charge in [0.15, 0.2) is 0 Å². The normalized spacial score (nSPS) is 12.1. The van der Waals surface area contributed by atoms with Crippen LogP contribution in [0.25, 0.3) is 88.0 Å². The molecule has 1 aliphatic heterocycles. The van der Waals surface area contributed by atoms with Gasteiger partial charge in [-0.3, -0.25) is 0 Å². The molecule has 11 rings (SSSR count). The molecule has 0 aromatic heterocycles. The van der Waals surface area contributed by atoms with E-state index in [1.807, 2.05) is 0 Å². The van der Waals surface area contributed by atoms with Gasteiger partial charge in [0.05, 0.1) is 0 Å². The van der Waals surface area contributed by atoms with Gasteiger partial charge in [-0.2, -0.15) is 0 Å². The Morgan fingerprint density at radius 1 is 0.264 bits per heavy atom. The zero-order valence-electron chi connectivity index (χ0n) is 29.1. The van der Waals surface area contributed by atoms with Gasteiger partial charge < -0.3 is 0 Å². The molecule has 0 N–H and O–H groups in total. The second-order valence-electron chi connectivity index (χ2n) is 14.3. The Kier molecular flexibility index (Phi) is 6.75. The summed E-state index contributed by atoms with van der Waals surface area (Å²) in [5, 5.41) is 7.97. The van der Waals surface area contributed by atoms with Crippen LogP contribution >= 0.6 is 0 Å². The van der Waals surface area contributed by atoms with Crippen LogP contribution in [0.2, 0.25) is 0 Å². The highest BCUT2D eigenvalue weighted by Gasteiger charge is 2.37. The molecular formula is C52H33B. The van der Waals surface area contributed by atoms with Gasteiger partial charge in [-0.05, 0) is 94.0 Å². The van der Waals surface area contributed by atoms with Gasteiger partial charge in [0.25, 0.3) is 0 Å². The van der Waals surface area contributed by atoms with Crippen molar-refractivity contribution in [2.75, 3.05) is 0 Å². The lowest BCUT2D eigenvalue weighted by Gasteiger charge is -2.32. The molecule has 0 aliphatic carbocycles. The van der Waals surface area contributed by atoms with Crippen molar-refractivity contribution in [2.45, 2.75) is 0 Å². The Hall–Kier alpha value is -6.70. The van der Waals surface area contributed by atoms with Crippen molar-refractivity contribution < 1.29 is 0 Å². The highest BCUT2D eigenvalue weighted by Crippen LogP contribution is 2.46. The summed E-state index contributed by atoms with van der Waals surface area (Å²) in [6.07, 6.45) is 0. The molecule has 10 aromatic rings. The molecule has 0 fully saturated rings.